The van der Waals surface area contributed by atoms with Gasteiger partial charge >= 0.3 is 0 Å². The SMILES string of the molecule is CN1CCC(c2[nH]c(-c3ccc(F)cc3)c(-c3ccncc3)c2CO)CC1. The van der Waals surface area contributed by atoms with Crippen molar-refractivity contribution >= 4 is 0 Å². The van der Waals surface area contributed by atoms with Gasteiger partial charge in [-0.3, -0.25) is 4.98 Å². The third kappa shape index (κ3) is 3.53. The molecule has 0 aliphatic carbocycles. The van der Waals surface area contributed by atoms with E-state index in [1.165, 1.54) is 12.1 Å². The Morgan fingerprint density at radius 1 is 1.07 bits per heavy atom. The number of hydrogen-bond acceptors (Lipinski definition) is 3. The van der Waals surface area contributed by atoms with Gasteiger partial charge in [0.15, 0.2) is 0 Å². The molecule has 0 amide bonds. The molecule has 140 valence electrons. The van der Waals surface area contributed by atoms with E-state index in [2.05, 4.69) is 21.9 Å². The smallest absolute Gasteiger partial charge is 0.123 e. The lowest BCUT2D eigenvalue weighted by atomic mass is 9.89. The number of aliphatic hydroxyl groups excluding tert-OH is 1. The molecule has 2 N–H and O–H groups in total. The normalized spacial score (nSPS) is 16.0. The Balaban J connectivity index is 1.87. The summed E-state index contributed by atoms with van der Waals surface area (Å²) < 4.78 is 13.4. The molecule has 1 saturated heterocycles. The van der Waals surface area contributed by atoms with E-state index in [-0.39, 0.29) is 12.4 Å². The maximum atomic E-state index is 13.4. The highest BCUT2D eigenvalue weighted by atomic mass is 19.1. The number of hydrogen-bond donors (Lipinski definition) is 2. The van der Waals surface area contributed by atoms with Gasteiger partial charge in [0.2, 0.25) is 0 Å². The van der Waals surface area contributed by atoms with Crippen molar-refractivity contribution in [2.45, 2.75) is 25.4 Å². The average molecular weight is 365 g/mol. The van der Waals surface area contributed by atoms with Crippen molar-refractivity contribution < 1.29 is 9.50 Å². The van der Waals surface area contributed by atoms with Crippen LogP contribution in [0.4, 0.5) is 4.39 Å². The Bertz CT molecular complexity index is 897. The van der Waals surface area contributed by atoms with Gasteiger partial charge in [0, 0.05) is 35.1 Å². The number of aromatic nitrogens is 2. The zero-order valence-corrected chi connectivity index (χ0v) is 15.5. The first-order valence-electron chi connectivity index (χ1n) is 9.38. The molecule has 27 heavy (non-hydrogen) atoms. The van der Waals surface area contributed by atoms with E-state index in [9.17, 15) is 9.50 Å². The van der Waals surface area contributed by atoms with Crippen molar-refractivity contribution in [2.24, 2.45) is 0 Å². The lowest BCUT2D eigenvalue weighted by Crippen LogP contribution is -2.29. The Morgan fingerprint density at radius 2 is 1.74 bits per heavy atom. The Labute approximate surface area is 158 Å². The third-order valence-corrected chi connectivity index (χ3v) is 5.52. The molecule has 4 nitrogen and oxygen atoms in total. The van der Waals surface area contributed by atoms with Crippen LogP contribution in [0.5, 0.6) is 0 Å². The first kappa shape index (κ1) is 17.9. The summed E-state index contributed by atoms with van der Waals surface area (Å²) in [7, 11) is 2.14. The van der Waals surface area contributed by atoms with Crippen LogP contribution in [-0.2, 0) is 6.61 Å². The number of piperidine rings is 1. The predicted octanol–water partition coefficient (Wildman–Crippen LogP) is 4.18. The lowest BCUT2D eigenvalue weighted by Gasteiger charge is -2.29. The van der Waals surface area contributed by atoms with Gasteiger partial charge in [-0.2, -0.15) is 0 Å². The second-order valence-corrected chi connectivity index (χ2v) is 7.25. The highest BCUT2D eigenvalue weighted by Gasteiger charge is 2.27. The number of aromatic amines is 1. The minimum Gasteiger partial charge on any atom is -0.392 e. The van der Waals surface area contributed by atoms with E-state index in [1.807, 2.05) is 12.1 Å². The highest BCUT2D eigenvalue weighted by molar-refractivity contribution is 5.85. The second kappa shape index (κ2) is 7.62. The van der Waals surface area contributed by atoms with E-state index >= 15 is 0 Å². The molecule has 0 radical (unpaired) electrons. The summed E-state index contributed by atoms with van der Waals surface area (Å²) >= 11 is 0. The molecule has 0 atom stereocenters. The molecule has 3 aromatic rings. The monoisotopic (exact) mass is 365 g/mol. The maximum absolute atomic E-state index is 13.4. The molecule has 5 heteroatoms. The van der Waals surface area contributed by atoms with E-state index in [1.54, 1.807) is 24.5 Å². The van der Waals surface area contributed by atoms with Gasteiger partial charge in [0.1, 0.15) is 5.82 Å². The second-order valence-electron chi connectivity index (χ2n) is 7.25. The fraction of sp³-hybridized carbons (Fsp3) is 0.318. The molecular formula is C22H24FN3O. The topological polar surface area (TPSA) is 52.2 Å². The standard InChI is InChI=1S/C22H24FN3O/c1-26-12-8-17(9-13-26)21-19(14-27)20(15-6-10-24-11-7-15)22(25-21)16-2-4-18(23)5-3-16/h2-7,10-11,17,25,27H,8-9,12-14H2,1H3. The third-order valence-electron chi connectivity index (χ3n) is 5.52. The van der Waals surface area contributed by atoms with Crippen LogP contribution in [0, 0.1) is 5.82 Å². The van der Waals surface area contributed by atoms with Gasteiger partial charge in [0.05, 0.1) is 12.3 Å². The summed E-state index contributed by atoms with van der Waals surface area (Å²) in [5, 5.41) is 10.2. The molecule has 1 aliphatic heterocycles. The minimum atomic E-state index is -0.256. The van der Waals surface area contributed by atoms with Crippen LogP contribution in [0.1, 0.15) is 30.0 Å². The summed E-state index contributed by atoms with van der Waals surface area (Å²) in [5.74, 6) is 0.131. The van der Waals surface area contributed by atoms with Gasteiger partial charge in [0.25, 0.3) is 0 Å². The zero-order valence-electron chi connectivity index (χ0n) is 15.5. The molecular weight excluding hydrogens is 341 g/mol. The van der Waals surface area contributed by atoms with E-state index < -0.39 is 0 Å². The number of halogens is 1. The first-order valence-corrected chi connectivity index (χ1v) is 9.38. The van der Waals surface area contributed by atoms with Crippen LogP contribution in [0.2, 0.25) is 0 Å². The van der Waals surface area contributed by atoms with Gasteiger partial charge < -0.3 is 15.0 Å². The van der Waals surface area contributed by atoms with Crippen LogP contribution >= 0.6 is 0 Å². The average Bonchev–Trinajstić information content (AvgIpc) is 3.09. The molecule has 2 aromatic heterocycles. The maximum Gasteiger partial charge on any atom is 0.123 e. The van der Waals surface area contributed by atoms with Gasteiger partial charge in [-0.15, -0.1) is 0 Å². The number of nitrogens with one attached hydrogen (secondary N) is 1. The Kier molecular flexibility index (Phi) is 5.05. The van der Waals surface area contributed by atoms with Crippen LogP contribution in [-0.4, -0.2) is 40.1 Å². The first-order chi connectivity index (χ1) is 13.2. The molecule has 0 spiro atoms. The fourth-order valence-electron chi connectivity index (χ4n) is 4.04. The molecule has 0 unspecified atom stereocenters. The fourth-order valence-corrected chi connectivity index (χ4v) is 4.04. The Morgan fingerprint density at radius 3 is 2.37 bits per heavy atom. The van der Waals surface area contributed by atoms with Crippen molar-refractivity contribution in [1.82, 2.24) is 14.9 Å². The van der Waals surface area contributed by atoms with Crippen molar-refractivity contribution in [3.63, 3.8) is 0 Å². The summed E-state index contributed by atoms with van der Waals surface area (Å²) in [4.78, 5) is 10.1. The number of rotatable bonds is 4. The van der Waals surface area contributed by atoms with Gasteiger partial charge in [-0.1, -0.05) is 0 Å². The molecule has 1 aliphatic rings. The molecule has 4 rings (SSSR count). The van der Waals surface area contributed by atoms with Gasteiger partial charge in [-0.25, -0.2) is 4.39 Å². The number of nitrogens with zero attached hydrogens (tertiary/aromatic N) is 2. The van der Waals surface area contributed by atoms with Crippen LogP contribution < -0.4 is 0 Å². The van der Waals surface area contributed by atoms with Crippen molar-refractivity contribution in [2.75, 3.05) is 20.1 Å². The van der Waals surface area contributed by atoms with Crippen molar-refractivity contribution in [3.8, 4) is 22.4 Å². The van der Waals surface area contributed by atoms with E-state index in [4.69, 9.17) is 0 Å². The van der Waals surface area contributed by atoms with Crippen molar-refractivity contribution in [3.05, 3.63) is 65.9 Å². The van der Waals surface area contributed by atoms with Crippen LogP contribution in [0.3, 0.4) is 0 Å². The largest absolute Gasteiger partial charge is 0.392 e. The van der Waals surface area contributed by atoms with Gasteiger partial charge in [-0.05, 0) is 80.5 Å². The van der Waals surface area contributed by atoms with Crippen LogP contribution in [0.15, 0.2) is 48.8 Å². The van der Waals surface area contributed by atoms with Crippen molar-refractivity contribution in [1.29, 1.82) is 0 Å². The summed E-state index contributed by atoms with van der Waals surface area (Å²) in [6, 6.07) is 10.4. The molecule has 1 aromatic carbocycles. The molecule has 3 heterocycles. The number of benzene rings is 1. The Hall–Kier alpha value is -2.50. The summed E-state index contributed by atoms with van der Waals surface area (Å²) in [5.41, 5.74) is 5.88. The quantitative estimate of drug-likeness (QED) is 0.729. The highest BCUT2D eigenvalue weighted by Crippen LogP contribution is 2.41. The lowest BCUT2D eigenvalue weighted by molar-refractivity contribution is 0.248. The number of H-pyrrole nitrogens is 1. The van der Waals surface area contributed by atoms with E-state index in [0.29, 0.717) is 5.92 Å². The minimum absolute atomic E-state index is 0.0307. The summed E-state index contributed by atoms with van der Waals surface area (Å²) in [6.07, 6.45) is 5.63. The van der Waals surface area contributed by atoms with Crippen LogP contribution in [0.25, 0.3) is 22.4 Å². The number of pyridine rings is 1. The molecule has 0 bridgehead atoms. The van der Waals surface area contributed by atoms with E-state index in [0.717, 1.165) is 59.6 Å². The predicted molar refractivity (Wildman–Crippen MR) is 105 cm³/mol. The zero-order chi connectivity index (χ0) is 18.8. The molecule has 1 fully saturated rings. The number of aliphatic hydroxyl groups is 1. The number of likely N-dealkylation sites (tertiary alicyclic amines) is 1. The summed E-state index contributed by atoms with van der Waals surface area (Å²) in [6.45, 7) is 2.06. The molecule has 0 saturated carbocycles.